The molecule has 1 N–H and O–H groups in total. The predicted molar refractivity (Wildman–Crippen MR) is 118 cm³/mol. The Kier molecular flexibility index (Phi) is 6.23. The van der Waals surface area contributed by atoms with Gasteiger partial charge in [0.15, 0.2) is 0 Å². The first-order valence-corrected chi connectivity index (χ1v) is 10.5. The van der Waals surface area contributed by atoms with Gasteiger partial charge in [0.1, 0.15) is 5.75 Å². The number of halogens is 1. The van der Waals surface area contributed by atoms with Crippen molar-refractivity contribution < 1.29 is 14.3 Å². The Morgan fingerprint density at radius 2 is 1.83 bits per heavy atom. The Balaban J connectivity index is 1.22. The minimum absolute atomic E-state index is 0.00213. The molecule has 2 aliphatic rings. The summed E-state index contributed by atoms with van der Waals surface area (Å²) in [6.45, 7) is 3.47. The summed E-state index contributed by atoms with van der Waals surface area (Å²) in [5, 5.41) is 3.39. The highest BCUT2D eigenvalue weighted by Gasteiger charge is 2.21. The van der Waals surface area contributed by atoms with Gasteiger partial charge in [-0.3, -0.25) is 9.59 Å². The molecule has 0 unspecified atom stereocenters. The fourth-order valence-corrected chi connectivity index (χ4v) is 3.81. The molecule has 0 aromatic heterocycles. The van der Waals surface area contributed by atoms with Crippen LogP contribution >= 0.6 is 11.6 Å². The molecule has 0 atom stereocenters. The smallest absolute Gasteiger partial charge is 0.244 e. The number of amides is 2. The van der Waals surface area contributed by atoms with Crippen LogP contribution in [0.5, 0.6) is 5.75 Å². The Morgan fingerprint density at radius 1 is 1.07 bits per heavy atom. The monoisotopic (exact) mass is 425 g/mol. The van der Waals surface area contributed by atoms with Gasteiger partial charge in [-0.1, -0.05) is 17.7 Å². The molecule has 2 aliphatic heterocycles. The third-order valence-corrected chi connectivity index (χ3v) is 5.63. The van der Waals surface area contributed by atoms with E-state index in [1.807, 2.05) is 42.5 Å². The maximum absolute atomic E-state index is 12.4. The summed E-state index contributed by atoms with van der Waals surface area (Å²) in [4.78, 5) is 28.5. The van der Waals surface area contributed by atoms with Crippen LogP contribution in [0.3, 0.4) is 0 Å². The number of ether oxygens (including phenoxy) is 1. The molecule has 0 saturated carbocycles. The molecule has 6 nitrogen and oxygen atoms in total. The number of hydrogen-bond acceptors (Lipinski definition) is 4. The first-order chi connectivity index (χ1) is 14.6. The van der Waals surface area contributed by atoms with Crippen molar-refractivity contribution in [3.63, 3.8) is 0 Å². The standard InChI is InChI=1S/C23H24ClN3O3/c24-19-3-5-20(6-4-19)26-10-12-27(13-11-26)23(29)16-25-22(28)8-2-17-1-7-21-18(15-17)9-14-30-21/h1-8,15H,9-14,16H2,(H,25,28)/b8-2+. The quantitative estimate of drug-likeness (QED) is 0.748. The summed E-state index contributed by atoms with van der Waals surface area (Å²) in [6.07, 6.45) is 4.11. The van der Waals surface area contributed by atoms with Gasteiger partial charge in [-0.05, 0) is 53.6 Å². The van der Waals surface area contributed by atoms with Crippen LogP contribution in [-0.2, 0) is 16.0 Å². The van der Waals surface area contributed by atoms with Crippen molar-refractivity contribution in [3.05, 3.63) is 64.7 Å². The predicted octanol–water partition coefficient (Wildman–Crippen LogP) is 2.75. The number of nitrogens with one attached hydrogen (secondary N) is 1. The Morgan fingerprint density at radius 3 is 2.60 bits per heavy atom. The fraction of sp³-hybridized carbons (Fsp3) is 0.304. The number of carbonyl (C=O) groups excluding carboxylic acids is 2. The second-order valence-corrected chi connectivity index (χ2v) is 7.80. The van der Waals surface area contributed by atoms with E-state index >= 15 is 0 Å². The van der Waals surface area contributed by atoms with Gasteiger partial charge < -0.3 is 19.9 Å². The summed E-state index contributed by atoms with van der Waals surface area (Å²) < 4.78 is 5.48. The van der Waals surface area contributed by atoms with Gasteiger partial charge in [0, 0.05) is 49.4 Å². The highest BCUT2D eigenvalue weighted by molar-refractivity contribution is 6.30. The topological polar surface area (TPSA) is 61.9 Å². The van der Waals surface area contributed by atoms with E-state index in [2.05, 4.69) is 10.2 Å². The minimum Gasteiger partial charge on any atom is -0.493 e. The summed E-state index contributed by atoms with van der Waals surface area (Å²) in [7, 11) is 0. The molecule has 1 saturated heterocycles. The van der Waals surface area contributed by atoms with Gasteiger partial charge >= 0.3 is 0 Å². The third kappa shape index (κ3) is 4.94. The second kappa shape index (κ2) is 9.22. The summed E-state index contributed by atoms with van der Waals surface area (Å²) in [6, 6.07) is 13.6. The van der Waals surface area contributed by atoms with Crippen LogP contribution < -0.4 is 15.0 Å². The zero-order valence-corrected chi connectivity index (χ0v) is 17.4. The second-order valence-electron chi connectivity index (χ2n) is 7.36. The SMILES string of the molecule is O=C(/C=C/c1ccc2c(c1)CCO2)NCC(=O)N1CCN(c2ccc(Cl)cc2)CC1. The highest BCUT2D eigenvalue weighted by Crippen LogP contribution is 2.26. The number of benzene rings is 2. The number of anilines is 1. The fourth-order valence-electron chi connectivity index (χ4n) is 3.68. The average Bonchev–Trinajstić information content (AvgIpc) is 3.24. The van der Waals surface area contributed by atoms with Crippen molar-refractivity contribution in [2.45, 2.75) is 6.42 Å². The van der Waals surface area contributed by atoms with Gasteiger partial charge in [-0.2, -0.15) is 0 Å². The molecule has 2 amide bonds. The van der Waals surface area contributed by atoms with E-state index in [4.69, 9.17) is 16.3 Å². The number of fused-ring (bicyclic) bond motifs is 1. The first kappa shape index (κ1) is 20.3. The molecule has 0 bridgehead atoms. The first-order valence-electron chi connectivity index (χ1n) is 10.1. The van der Waals surface area contributed by atoms with Gasteiger partial charge in [0.05, 0.1) is 13.2 Å². The van der Waals surface area contributed by atoms with E-state index in [0.29, 0.717) is 24.7 Å². The van der Waals surface area contributed by atoms with Crippen LogP contribution in [0.25, 0.3) is 6.08 Å². The third-order valence-electron chi connectivity index (χ3n) is 5.38. The normalized spacial score (nSPS) is 15.8. The zero-order valence-electron chi connectivity index (χ0n) is 16.6. The van der Waals surface area contributed by atoms with Crippen molar-refractivity contribution >= 4 is 35.2 Å². The van der Waals surface area contributed by atoms with Gasteiger partial charge in [-0.25, -0.2) is 0 Å². The van der Waals surface area contributed by atoms with Crippen LogP contribution in [0.4, 0.5) is 5.69 Å². The molecule has 0 spiro atoms. The lowest BCUT2D eigenvalue weighted by Crippen LogP contribution is -2.51. The molecular weight excluding hydrogens is 402 g/mol. The van der Waals surface area contributed by atoms with Crippen LogP contribution in [-0.4, -0.2) is 56.0 Å². The number of carbonyl (C=O) groups is 2. The van der Waals surface area contributed by atoms with E-state index in [0.717, 1.165) is 42.1 Å². The number of rotatable bonds is 5. The molecule has 2 heterocycles. The van der Waals surface area contributed by atoms with Gasteiger partial charge in [0.2, 0.25) is 11.8 Å². The summed E-state index contributed by atoms with van der Waals surface area (Å²) in [5.41, 5.74) is 3.20. The summed E-state index contributed by atoms with van der Waals surface area (Å²) in [5.74, 6) is 0.570. The van der Waals surface area contributed by atoms with Crippen molar-refractivity contribution in [2.24, 2.45) is 0 Å². The molecule has 30 heavy (non-hydrogen) atoms. The van der Waals surface area contributed by atoms with E-state index in [-0.39, 0.29) is 18.4 Å². The maximum atomic E-state index is 12.4. The van der Waals surface area contributed by atoms with Crippen LogP contribution in [0.15, 0.2) is 48.5 Å². The van der Waals surface area contributed by atoms with E-state index < -0.39 is 0 Å². The Hall–Kier alpha value is -2.99. The molecular formula is C23H24ClN3O3. The van der Waals surface area contributed by atoms with Gasteiger partial charge in [0.25, 0.3) is 0 Å². The van der Waals surface area contributed by atoms with Crippen molar-refractivity contribution in [1.82, 2.24) is 10.2 Å². The van der Waals surface area contributed by atoms with Crippen LogP contribution in [0.2, 0.25) is 5.02 Å². The average molecular weight is 426 g/mol. The molecule has 0 radical (unpaired) electrons. The lowest BCUT2D eigenvalue weighted by molar-refractivity contribution is -0.132. The molecule has 0 aliphatic carbocycles. The number of piperazine rings is 1. The lowest BCUT2D eigenvalue weighted by atomic mass is 10.1. The molecule has 2 aromatic rings. The van der Waals surface area contributed by atoms with E-state index in [1.165, 1.54) is 6.08 Å². The minimum atomic E-state index is -0.278. The molecule has 4 rings (SSSR count). The maximum Gasteiger partial charge on any atom is 0.244 e. The zero-order chi connectivity index (χ0) is 20.9. The van der Waals surface area contributed by atoms with E-state index in [1.54, 1.807) is 11.0 Å². The molecule has 1 fully saturated rings. The molecule has 7 heteroatoms. The van der Waals surface area contributed by atoms with Crippen molar-refractivity contribution in [3.8, 4) is 5.75 Å². The lowest BCUT2D eigenvalue weighted by Gasteiger charge is -2.36. The Labute approximate surface area is 181 Å². The van der Waals surface area contributed by atoms with E-state index in [9.17, 15) is 9.59 Å². The van der Waals surface area contributed by atoms with Crippen molar-refractivity contribution in [1.29, 1.82) is 0 Å². The van der Waals surface area contributed by atoms with Crippen molar-refractivity contribution in [2.75, 3.05) is 44.2 Å². The number of nitrogens with zero attached hydrogens (tertiary/aromatic N) is 2. The highest BCUT2D eigenvalue weighted by atomic mass is 35.5. The largest absolute Gasteiger partial charge is 0.493 e. The molecule has 156 valence electrons. The van der Waals surface area contributed by atoms with Gasteiger partial charge in [-0.15, -0.1) is 0 Å². The van der Waals surface area contributed by atoms with Crippen LogP contribution in [0, 0.1) is 0 Å². The summed E-state index contributed by atoms with van der Waals surface area (Å²) >= 11 is 5.94. The molecule has 2 aromatic carbocycles. The Bertz CT molecular complexity index is 951. The van der Waals surface area contributed by atoms with Crippen LogP contribution in [0.1, 0.15) is 11.1 Å². The number of hydrogen-bond donors (Lipinski definition) is 1.